The Hall–Kier alpha value is -2.71. The van der Waals surface area contributed by atoms with Crippen LogP contribution in [0.5, 0.6) is 5.75 Å². The molecule has 0 amide bonds. The monoisotopic (exact) mass is 420 g/mol. The number of benzene rings is 1. The molecule has 1 aromatic rings. The SMILES string of the molecule is COCCOC(=O)C1C(=O)C=C(C)C(C(=O)OCCOC)C1c1ccc(OC)cc1. The van der Waals surface area contributed by atoms with Gasteiger partial charge in [0.25, 0.3) is 0 Å². The second-order valence-corrected chi connectivity index (χ2v) is 6.87. The fourth-order valence-electron chi connectivity index (χ4n) is 3.49. The van der Waals surface area contributed by atoms with Gasteiger partial charge in [0.1, 0.15) is 24.9 Å². The van der Waals surface area contributed by atoms with Crippen LogP contribution in [0.4, 0.5) is 0 Å². The highest BCUT2D eigenvalue weighted by Gasteiger charge is 2.47. The molecule has 0 N–H and O–H groups in total. The molecule has 1 aromatic carbocycles. The van der Waals surface area contributed by atoms with Crippen LogP contribution in [0.2, 0.25) is 0 Å². The number of rotatable bonds is 10. The Morgan fingerprint density at radius 1 is 0.833 bits per heavy atom. The number of carbonyl (C=O) groups excluding carboxylic acids is 3. The van der Waals surface area contributed by atoms with Crippen molar-refractivity contribution in [3.8, 4) is 5.75 Å². The average molecular weight is 420 g/mol. The number of allylic oxidation sites excluding steroid dienone is 1. The summed E-state index contributed by atoms with van der Waals surface area (Å²) >= 11 is 0. The van der Waals surface area contributed by atoms with Crippen molar-refractivity contribution in [2.45, 2.75) is 12.8 Å². The van der Waals surface area contributed by atoms with E-state index in [1.54, 1.807) is 31.2 Å². The molecule has 0 heterocycles. The molecule has 0 radical (unpaired) electrons. The van der Waals surface area contributed by atoms with Crippen LogP contribution in [0.15, 0.2) is 35.9 Å². The third-order valence-corrected chi connectivity index (χ3v) is 4.96. The Labute approximate surface area is 176 Å². The molecule has 2 rings (SSSR count). The van der Waals surface area contributed by atoms with Crippen molar-refractivity contribution < 1.29 is 38.1 Å². The predicted molar refractivity (Wildman–Crippen MR) is 107 cm³/mol. The second-order valence-electron chi connectivity index (χ2n) is 6.87. The van der Waals surface area contributed by atoms with Crippen LogP contribution >= 0.6 is 0 Å². The number of esters is 2. The predicted octanol–water partition coefficient (Wildman–Crippen LogP) is 1.92. The van der Waals surface area contributed by atoms with Crippen molar-refractivity contribution >= 4 is 17.7 Å². The molecule has 0 aliphatic heterocycles. The Morgan fingerprint density at radius 3 is 1.87 bits per heavy atom. The van der Waals surface area contributed by atoms with Gasteiger partial charge in [0.15, 0.2) is 5.78 Å². The molecule has 1 aliphatic carbocycles. The molecule has 3 unspecified atom stereocenters. The summed E-state index contributed by atoms with van der Waals surface area (Å²) in [6, 6.07) is 6.91. The van der Waals surface area contributed by atoms with Gasteiger partial charge in [0.05, 0.1) is 26.2 Å². The summed E-state index contributed by atoms with van der Waals surface area (Å²) in [6.45, 7) is 2.22. The van der Waals surface area contributed by atoms with Gasteiger partial charge in [-0.05, 0) is 30.7 Å². The van der Waals surface area contributed by atoms with E-state index < -0.39 is 35.5 Å². The summed E-state index contributed by atoms with van der Waals surface area (Å²) in [5, 5.41) is 0. The van der Waals surface area contributed by atoms with Crippen LogP contribution in [-0.4, -0.2) is 65.5 Å². The Kier molecular flexibility index (Phi) is 9.01. The normalized spacial score (nSPS) is 21.0. The van der Waals surface area contributed by atoms with Crippen molar-refractivity contribution in [2.24, 2.45) is 11.8 Å². The number of methoxy groups -OCH3 is 3. The topological polar surface area (TPSA) is 97.4 Å². The van der Waals surface area contributed by atoms with Crippen molar-refractivity contribution in [1.82, 2.24) is 0 Å². The fourth-order valence-corrected chi connectivity index (χ4v) is 3.49. The minimum Gasteiger partial charge on any atom is -0.497 e. The summed E-state index contributed by atoms with van der Waals surface area (Å²) in [4.78, 5) is 38.5. The zero-order chi connectivity index (χ0) is 22.1. The van der Waals surface area contributed by atoms with Crippen LogP contribution in [0, 0.1) is 11.8 Å². The van der Waals surface area contributed by atoms with Gasteiger partial charge in [0.2, 0.25) is 0 Å². The van der Waals surface area contributed by atoms with E-state index >= 15 is 0 Å². The van der Waals surface area contributed by atoms with Crippen molar-refractivity contribution in [2.75, 3.05) is 47.8 Å². The summed E-state index contributed by atoms with van der Waals surface area (Å²) < 4.78 is 25.6. The first-order valence-electron chi connectivity index (χ1n) is 9.61. The summed E-state index contributed by atoms with van der Waals surface area (Å²) in [6.07, 6.45) is 1.32. The third kappa shape index (κ3) is 5.67. The lowest BCUT2D eigenvalue weighted by atomic mass is 9.68. The molecule has 30 heavy (non-hydrogen) atoms. The van der Waals surface area contributed by atoms with Crippen LogP contribution in [0.1, 0.15) is 18.4 Å². The van der Waals surface area contributed by atoms with Gasteiger partial charge in [-0.3, -0.25) is 14.4 Å². The van der Waals surface area contributed by atoms with Crippen LogP contribution in [-0.2, 0) is 33.3 Å². The Morgan fingerprint density at radius 2 is 1.37 bits per heavy atom. The van der Waals surface area contributed by atoms with Crippen molar-refractivity contribution in [3.63, 3.8) is 0 Å². The number of carbonyl (C=O) groups is 3. The van der Waals surface area contributed by atoms with Crippen LogP contribution in [0.3, 0.4) is 0 Å². The quantitative estimate of drug-likeness (QED) is 0.322. The molecule has 8 nitrogen and oxygen atoms in total. The van der Waals surface area contributed by atoms with E-state index in [0.29, 0.717) is 16.9 Å². The third-order valence-electron chi connectivity index (χ3n) is 4.96. The first-order chi connectivity index (χ1) is 14.4. The molecule has 0 fully saturated rings. The van der Waals surface area contributed by atoms with E-state index in [0.717, 1.165) is 0 Å². The van der Waals surface area contributed by atoms with Gasteiger partial charge >= 0.3 is 11.9 Å². The maximum absolute atomic E-state index is 12.9. The Bertz CT molecular complexity index is 768. The molecule has 0 saturated carbocycles. The molecule has 1 aliphatic rings. The molecule has 164 valence electrons. The van der Waals surface area contributed by atoms with Crippen molar-refractivity contribution in [3.05, 3.63) is 41.5 Å². The molecule has 8 heteroatoms. The molecule has 0 saturated heterocycles. The number of hydrogen-bond donors (Lipinski definition) is 0. The molecular formula is C22H28O8. The van der Waals surface area contributed by atoms with Gasteiger partial charge in [0, 0.05) is 20.1 Å². The lowest BCUT2D eigenvalue weighted by Gasteiger charge is -2.34. The van der Waals surface area contributed by atoms with E-state index in [9.17, 15) is 14.4 Å². The molecule has 0 spiro atoms. The lowest BCUT2D eigenvalue weighted by Crippen LogP contribution is -2.42. The first-order valence-corrected chi connectivity index (χ1v) is 9.61. The zero-order valence-electron chi connectivity index (χ0n) is 17.7. The maximum Gasteiger partial charge on any atom is 0.317 e. The van der Waals surface area contributed by atoms with Crippen LogP contribution in [0.25, 0.3) is 0 Å². The minimum absolute atomic E-state index is 0.0140. The highest BCUT2D eigenvalue weighted by molar-refractivity contribution is 6.08. The molecule has 3 atom stereocenters. The second kappa shape index (κ2) is 11.5. The smallest absolute Gasteiger partial charge is 0.317 e. The highest BCUT2D eigenvalue weighted by Crippen LogP contribution is 2.42. The molecule has 0 bridgehead atoms. The zero-order valence-corrected chi connectivity index (χ0v) is 17.7. The lowest BCUT2D eigenvalue weighted by molar-refractivity contribution is -0.156. The van der Waals surface area contributed by atoms with E-state index in [2.05, 4.69) is 0 Å². The van der Waals surface area contributed by atoms with Gasteiger partial charge in [-0.25, -0.2) is 0 Å². The minimum atomic E-state index is -1.17. The summed E-state index contributed by atoms with van der Waals surface area (Å²) in [7, 11) is 4.53. The molecular weight excluding hydrogens is 392 g/mol. The standard InChI is InChI=1S/C22H28O8/c1-14-13-17(23)20(22(25)30-12-10-27-3)19(15-5-7-16(28-4)8-6-15)18(14)21(24)29-11-9-26-2/h5-8,13,18-20H,9-12H2,1-4H3. The fraction of sp³-hybridized carbons (Fsp3) is 0.500. The van der Waals surface area contributed by atoms with E-state index in [1.807, 2.05) is 0 Å². The first kappa shape index (κ1) is 23.6. The summed E-state index contributed by atoms with van der Waals surface area (Å²) in [5.41, 5.74) is 1.17. The van der Waals surface area contributed by atoms with Crippen molar-refractivity contribution in [1.29, 1.82) is 0 Å². The molecule has 0 aromatic heterocycles. The summed E-state index contributed by atoms with van der Waals surface area (Å²) in [5.74, 6) is -3.76. The van der Waals surface area contributed by atoms with Gasteiger partial charge in [-0.1, -0.05) is 17.7 Å². The van der Waals surface area contributed by atoms with E-state index in [1.165, 1.54) is 27.4 Å². The van der Waals surface area contributed by atoms with Gasteiger partial charge in [-0.2, -0.15) is 0 Å². The van der Waals surface area contributed by atoms with Gasteiger partial charge < -0.3 is 23.7 Å². The number of hydrogen-bond acceptors (Lipinski definition) is 8. The average Bonchev–Trinajstić information content (AvgIpc) is 2.73. The van der Waals surface area contributed by atoms with Crippen LogP contribution < -0.4 is 4.74 Å². The highest BCUT2D eigenvalue weighted by atomic mass is 16.6. The van der Waals surface area contributed by atoms with E-state index in [4.69, 9.17) is 23.7 Å². The largest absolute Gasteiger partial charge is 0.497 e. The number of ketones is 1. The maximum atomic E-state index is 12.9. The Balaban J connectivity index is 2.43. The number of ether oxygens (including phenoxy) is 5. The van der Waals surface area contributed by atoms with E-state index in [-0.39, 0.29) is 26.4 Å². The van der Waals surface area contributed by atoms with Gasteiger partial charge in [-0.15, -0.1) is 0 Å².